The van der Waals surface area contributed by atoms with Crippen LogP contribution in [0.4, 0.5) is 0 Å². The van der Waals surface area contributed by atoms with Gasteiger partial charge in [-0.15, -0.1) is 0 Å². The molecule has 0 aliphatic rings. The summed E-state index contributed by atoms with van der Waals surface area (Å²) in [6, 6.07) is 9.65. The molecule has 1 aromatic rings. The van der Waals surface area contributed by atoms with Crippen LogP contribution in [0.1, 0.15) is 6.42 Å². The van der Waals surface area contributed by atoms with Crippen molar-refractivity contribution < 1.29 is 15.0 Å². The lowest BCUT2D eigenvalue weighted by Gasteiger charge is -2.00. The zero-order chi connectivity index (χ0) is 11.1. The van der Waals surface area contributed by atoms with Crippen molar-refractivity contribution in [2.45, 2.75) is 17.4 Å². The molecule has 0 radical (unpaired) electrons. The van der Waals surface area contributed by atoms with Gasteiger partial charge in [-0.2, -0.15) is 0 Å². The van der Waals surface area contributed by atoms with Gasteiger partial charge in [0.15, 0.2) is 0 Å². The Morgan fingerprint density at radius 1 is 1.40 bits per heavy atom. The van der Waals surface area contributed by atoms with Crippen LogP contribution in [0, 0.1) is 0 Å². The van der Waals surface area contributed by atoms with Gasteiger partial charge in [-0.1, -0.05) is 30.0 Å². The molecular formula is C11H12O3S. The molecule has 15 heavy (non-hydrogen) atoms. The van der Waals surface area contributed by atoms with Crippen LogP contribution in [0.5, 0.6) is 0 Å². The van der Waals surface area contributed by atoms with Gasteiger partial charge in [-0.05, 0) is 23.6 Å². The summed E-state index contributed by atoms with van der Waals surface area (Å²) in [5, 5.41) is 19.3. The molecule has 0 aliphatic carbocycles. The largest absolute Gasteiger partial charge is 0.481 e. The average molecular weight is 224 g/mol. The number of carboxylic acids is 1. The molecule has 80 valence electrons. The van der Waals surface area contributed by atoms with E-state index in [0.717, 1.165) is 4.90 Å². The zero-order valence-corrected chi connectivity index (χ0v) is 8.85. The quantitative estimate of drug-likeness (QED) is 0.752. The molecular weight excluding hydrogens is 212 g/mol. The minimum Gasteiger partial charge on any atom is -0.481 e. The third kappa shape index (κ3) is 5.24. The molecule has 0 aromatic heterocycles. The summed E-state index contributed by atoms with van der Waals surface area (Å²) >= 11 is 1.44. The van der Waals surface area contributed by atoms with E-state index in [2.05, 4.69) is 0 Å². The minimum atomic E-state index is -1.00. The molecule has 0 aliphatic heterocycles. The van der Waals surface area contributed by atoms with Crippen molar-refractivity contribution in [2.75, 3.05) is 0 Å². The molecule has 1 aromatic carbocycles. The first-order chi connectivity index (χ1) is 7.18. The maximum Gasteiger partial charge on any atom is 0.306 e. The maximum absolute atomic E-state index is 10.2. The Labute approximate surface area is 92.4 Å². The van der Waals surface area contributed by atoms with Crippen LogP contribution in [0.15, 0.2) is 46.7 Å². The highest BCUT2D eigenvalue weighted by Crippen LogP contribution is 2.18. The standard InChI is InChI=1S/C11H12O3S/c12-9(8-11(13)14)6-7-15-10-4-2-1-3-5-10/h1-7,9,12H,8H2,(H,13,14)/b7-6+/t9-/m0/s1. The molecule has 0 unspecified atom stereocenters. The van der Waals surface area contributed by atoms with E-state index in [1.165, 1.54) is 17.8 Å². The van der Waals surface area contributed by atoms with Gasteiger partial charge < -0.3 is 10.2 Å². The van der Waals surface area contributed by atoms with Gasteiger partial charge in [0, 0.05) is 4.90 Å². The number of hydrogen-bond acceptors (Lipinski definition) is 3. The van der Waals surface area contributed by atoms with E-state index >= 15 is 0 Å². The number of rotatable bonds is 5. The molecule has 0 amide bonds. The topological polar surface area (TPSA) is 57.5 Å². The Kier molecular flexibility index (Phi) is 4.93. The van der Waals surface area contributed by atoms with E-state index < -0.39 is 12.1 Å². The Bertz CT molecular complexity index is 335. The second-order valence-corrected chi connectivity index (χ2v) is 3.90. The third-order valence-electron chi connectivity index (χ3n) is 1.63. The highest BCUT2D eigenvalue weighted by Gasteiger charge is 2.04. The molecule has 0 bridgehead atoms. The van der Waals surface area contributed by atoms with Crippen LogP contribution in [0.3, 0.4) is 0 Å². The molecule has 4 heteroatoms. The fraction of sp³-hybridized carbons (Fsp3) is 0.182. The fourth-order valence-electron chi connectivity index (χ4n) is 0.955. The lowest BCUT2D eigenvalue weighted by Crippen LogP contribution is -2.09. The maximum atomic E-state index is 10.2. The van der Waals surface area contributed by atoms with Gasteiger partial charge in [0.1, 0.15) is 0 Å². The van der Waals surface area contributed by atoms with Crippen molar-refractivity contribution in [3.8, 4) is 0 Å². The van der Waals surface area contributed by atoms with E-state index in [1.54, 1.807) is 5.41 Å². The van der Waals surface area contributed by atoms with Crippen LogP contribution in [-0.2, 0) is 4.79 Å². The lowest BCUT2D eigenvalue weighted by molar-refractivity contribution is -0.138. The number of aliphatic hydroxyl groups is 1. The summed E-state index contributed by atoms with van der Waals surface area (Å²) in [5.41, 5.74) is 0. The summed E-state index contributed by atoms with van der Waals surface area (Å²) in [5.74, 6) is -1.00. The lowest BCUT2D eigenvalue weighted by atomic mass is 10.2. The Balaban J connectivity index is 2.36. The number of hydrogen-bond donors (Lipinski definition) is 2. The van der Waals surface area contributed by atoms with E-state index in [1.807, 2.05) is 30.3 Å². The number of aliphatic hydroxyl groups excluding tert-OH is 1. The van der Waals surface area contributed by atoms with Crippen LogP contribution in [-0.4, -0.2) is 22.3 Å². The summed E-state index contributed by atoms with van der Waals surface area (Å²) in [7, 11) is 0. The molecule has 1 atom stereocenters. The predicted molar refractivity (Wildman–Crippen MR) is 59.7 cm³/mol. The van der Waals surface area contributed by atoms with Crippen molar-refractivity contribution in [1.82, 2.24) is 0 Å². The molecule has 0 saturated carbocycles. The Morgan fingerprint density at radius 3 is 2.67 bits per heavy atom. The van der Waals surface area contributed by atoms with Crippen LogP contribution in [0.2, 0.25) is 0 Å². The zero-order valence-electron chi connectivity index (χ0n) is 8.04. The van der Waals surface area contributed by atoms with Crippen LogP contribution in [0.25, 0.3) is 0 Å². The van der Waals surface area contributed by atoms with E-state index in [-0.39, 0.29) is 6.42 Å². The summed E-state index contributed by atoms with van der Waals surface area (Å²) in [6.45, 7) is 0. The molecule has 3 nitrogen and oxygen atoms in total. The molecule has 0 spiro atoms. The van der Waals surface area contributed by atoms with Gasteiger partial charge in [-0.3, -0.25) is 4.79 Å². The first-order valence-electron chi connectivity index (χ1n) is 4.46. The highest BCUT2D eigenvalue weighted by atomic mass is 32.2. The minimum absolute atomic E-state index is 0.258. The van der Waals surface area contributed by atoms with Crippen LogP contribution < -0.4 is 0 Å². The monoisotopic (exact) mass is 224 g/mol. The smallest absolute Gasteiger partial charge is 0.306 e. The summed E-state index contributed by atoms with van der Waals surface area (Å²) < 4.78 is 0. The fourth-order valence-corrected chi connectivity index (χ4v) is 1.69. The Morgan fingerprint density at radius 2 is 2.07 bits per heavy atom. The van der Waals surface area contributed by atoms with Gasteiger partial charge in [0.25, 0.3) is 0 Å². The summed E-state index contributed by atoms with van der Waals surface area (Å²) in [4.78, 5) is 11.3. The highest BCUT2D eigenvalue weighted by molar-refractivity contribution is 8.02. The van der Waals surface area contributed by atoms with E-state index in [9.17, 15) is 9.90 Å². The third-order valence-corrected chi connectivity index (χ3v) is 2.47. The van der Waals surface area contributed by atoms with Gasteiger partial charge in [-0.25, -0.2) is 0 Å². The van der Waals surface area contributed by atoms with Crippen molar-refractivity contribution in [3.05, 3.63) is 41.8 Å². The van der Waals surface area contributed by atoms with Crippen molar-refractivity contribution in [2.24, 2.45) is 0 Å². The molecule has 0 saturated heterocycles. The predicted octanol–water partition coefficient (Wildman–Crippen LogP) is 2.13. The first-order valence-corrected chi connectivity index (χ1v) is 5.34. The summed E-state index contributed by atoms with van der Waals surface area (Å²) in [6.07, 6.45) is 0.302. The normalized spacial score (nSPS) is 12.9. The van der Waals surface area contributed by atoms with E-state index in [4.69, 9.17) is 5.11 Å². The number of aliphatic carboxylic acids is 1. The van der Waals surface area contributed by atoms with Gasteiger partial charge in [0.2, 0.25) is 0 Å². The molecule has 0 fully saturated rings. The van der Waals surface area contributed by atoms with Crippen molar-refractivity contribution in [3.63, 3.8) is 0 Å². The van der Waals surface area contributed by atoms with Gasteiger partial charge in [0.05, 0.1) is 12.5 Å². The molecule has 0 heterocycles. The molecule has 1 rings (SSSR count). The van der Waals surface area contributed by atoms with Crippen molar-refractivity contribution in [1.29, 1.82) is 0 Å². The average Bonchev–Trinajstić information content (AvgIpc) is 2.18. The first kappa shape index (κ1) is 11.8. The second-order valence-electron chi connectivity index (χ2n) is 2.92. The van der Waals surface area contributed by atoms with Crippen molar-refractivity contribution >= 4 is 17.7 Å². The SMILES string of the molecule is O=C(O)C[C@@H](O)/C=C/Sc1ccccc1. The number of thioether (sulfide) groups is 1. The van der Waals surface area contributed by atoms with E-state index in [0.29, 0.717) is 0 Å². The molecule has 2 N–H and O–H groups in total. The second kappa shape index (κ2) is 6.27. The number of benzene rings is 1. The number of carboxylic acid groups (broad SMARTS) is 1. The van der Waals surface area contributed by atoms with Gasteiger partial charge >= 0.3 is 5.97 Å². The van der Waals surface area contributed by atoms with Crippen LogP contribution >= 0.6 is 11.8 Å². The number of carbonyl (C=O) groups is 1. The Hall–Kier alpha value is -1.26.